The Labute approximate surface area is 229 Å². The van der Waals surface area contributed by atoms with Crippen molar-refractivity contribution in [3.05, 3.63) is 58.3 Å². The fourth-order valence-corrected chi connectivity index (χ4v) is 6.54. The summed E-state index contributed by atoms with van der Waals surface area (Å²) in [4.78, 5) is 30.8. The fraction of sp³-hybridized carbons (Fsp3) is 0.600. The third kappa shape index (κ3) is 6.14. The summed E-state index contributed by atoms with van der Waals surface area (Å²) in [7, 11) is 1.70. The van der Waals surface area contributed by atoms with Crippen LogP contribution in [0, 0.1) is 17.3 Å². The van der Waals surface area contributed by atoms with Gasteiger partial charge in [-0.05, 0) is 87.9 Å². The predicted octanol–water partition coefficient (Wildman–Crippen LogP) is 5.05. The lowest BCUT2D eigenvalue weighted by atomic mass is 9.77. The molecule has 6 nitrogen and oxygen atoms in total. The van der Waals surface area contributed by atoms with Crippen LogP contribution < -0.4 is 5.32 Å². The number of amides is 2. The molecule has 0 aromatic heterocycles. The molecule has 2 unspecified atom stereocenters. The van der Waals surface area contributed by atoms with Gasteiger partial charge in [0.2, 0.25) is 11.8 Å². The molecule has 4 aliphatic rings. The fourth-order valence-electron chi connectivity index (χ4n) is 6.28. The van der Waals surface area contributed by atoms with Crippen LogP contribution in [0.25, 0.3) is 0 Å². The smallest absolute Gasteiger partial charge is 0.229 e. The molecule has 2 saturated heterocycles. The van der Waals surface area contributed by atoms with E-state index in [0.717, 1.165) is 81.4 Å². The third-order valence-corrected chi connectivity index (χ3v) is 9.64. The lowest BCUT2D eigenvalue weighted by Crippen LogP contribution is -2.48. The summed E-state index contributed by atoms with van der Waals surface area (Å²) < 4.78 is 6.43. The second-order valence-electron chi connectivity index (χ2n) is 11.3. The number of ether oxygens (including phenoxy) is 1. The van der Waals surface area contributed by atoms with Crippen molar-refractivity contribution < 1.29 is 14.3 Å². The van der Waals surface area contributed by atoms with E-state index in [0.29, 0.717) is 18.4 Å². The summed E-state index contributed by atoms with van der Waals surface area (Å²) in [5.41, 5.74) is 1.00. The number of rotatable bonds is 9. The van der Waals surface area contributed by atoms with Gasteiger partial charge in [0.05, 0.1) is 12.5 Å². The van der Waals surface area contributed by atoms with Crippen molar-refractivity contribution in [1.29, 1.82) is 0 Å². The van der Waals surface area contributed by atoms with Gasteiger partial charge in [-0.15, -0.1) is 0 Å². The van der Waals surface area contributed by atoms with Crippen LogP contribution in [0.15, 0.2) is 52.7 Å². The Morgan fingerprint density at radius 3 is 2.51 bits per heavy atom. The maximum Gasteiger partial charge on any atom is 0.229 e. The SMILES string of the molecule is COC1=CCC(C(CCN2CCC3(CC2)CCN(Cc2ccc(Br)cc2)C3=O)NC(=O)C2CCC2)C=C1. The van der Waals surface area contributed by atoms with Gasteiger partial charge < -0.3 is 19.9 Å². The van der Waals surface area contributed by atoms with Crippen LogP contribution >= 0.6 is 15.9 Å². The summed E-state index contributed by atoms with van der Waals surface area (Å²) in [5, 5.41) is 3.40. The van der Waals surface area contributed by atoms with E-state index in [4.69, 9.17) is 4.74 Å². The number of nitrogens with zero attached hydrogens (tertiary/aromatic N) is 2. The zero-order chi connectivity index (χ0) is 25.8. The van der Waals surface area contributed by atoms with Crippen molar-refractivity contribution in [3.8, 4) is 0 Å². The average Bonchev–Trinajstić information content (AvgIpc) is 3.17. The van der Waals surface area contributed by atoms with E-state index in [1.54, 1.807) is 7.11 Å². The molecule has 1 aromatic carbocycles. The number of hydrogen-bond acceptors (Lipinski definition) is 4. The molecule has 2 amide bonds. The zero-order valence-electron chi connectivity index (χ0n) is 22.0. The summed E-state index contributed by atoms with van der Waals surface area (Å²) in [6, 6.07) is 8.41. The number of benzene rings is 1. The Hall–Kier alpha value is -2.12. The van der Waals surface area contributed by atoms with E-state index >= 15 is 0 Å². The number of piperidine rings is 1. The Bertz CT molecular complexity index is 1030. The maximum absolute atomic E-state index is 13.4. The van der Waals surface area contributed by atoms with Crippen molar-refractivity contribution in [2.45, 2.75) is 64.0 Å². The molecule has 2 aliphatic heterocycles. The molecule has 0 bridgehead atoms. The van der Waals surface area contributed by atoms with Gasteiger partial charge in [-0.25, -0.2) is 0 Å². The van der Waals surface area contributed by atoms with Crippen molar-refractivity contribution in [2.75, 3.05) is 33.3 Å². The van der Waals surface area contributed by atoms with Crippen molar-refractivity contribution in [2.24, 2.45) is 17.3 Å². The second-order valence-corrected chi connectivity index (χ2v) is 12.2. The molecule has 5 rings (SSSR count). The number of allylic oxidation sites excluding steroid dienone is 2. The van der Waals surface area contributed by atoms with E-state index in [1.165, 1.54) is 12.0 Å². The van der Waals surface area contributed by atoms with Crippen molar-refractivity contribution >= 4 is 27.7 Å². The summed E-state index contributed by atoms with van der Waals surface area (Å²) >= 11 is 3.49. The molecular formula is C30H40BrN3O3. The zero-order valence-corrected chi connectivity index (χ0v) is 23.5. The monoisotopic (exact) mass is 569 g/mol. The Morgan fingerprint density at radius 2 is 1.89 bits per heavy atom. The molecule has 0 radical (unpaired) electrons. The minimum Gasteiger partial charge on any atom is -0.497 e. The molecule has 2 heterocycles. The van der Waals surface area contributed by atoms with Crippen LogP contribution in [0.1, 0.15) is 56.9 Å². The van der Waals surface area contributed by atoms with Gasteiger partial charge in [0.1, 0.15) is 5.76 Å². The Kier molecular flexibility index (Phi) is 8.40. The summed E-state index contributed by atoms with van der Waals surface area (Å²) in [6.07, 6.45) is 14.2. The third-order valence-electron chi connectivity index (χ3n) is 9.11. The summed E-state index contributed by atoms with van der Waals surface area (Å²) in [5.74, 6) is 1.96. The van der Waals surface area contributed by atoms with Gasteiger partial charge >= 0.3 is 0 Å². The number of carbonyl (C=O) groups excluding carboxylic acids is 2. The van der Waals surface area contributed by atoms with E-state index in [-0.39, 0.29) is 23.3 Å². The predicted molar refractivity (Wildman–Crippen MR) is 149 cm³/mol. The average molecular weight is 571 g/mol. The van der Waals surface area contributed by atoms with E-state index < -0.39 is 0 Å². The number of halogens is 1. The molecule has 1 N–H and O–H groups in total. The molecule has 200 valence electrons. The van der Waals surface area contributed by atoms with Crippen LogP contribution in [-0.2, 0) is 20.9 Å². The highest BCUT2D eigenvalue weighted by molar-refractivity contribution is 9.10. The van der Waals surface area contributed by atoms with Crippen LogP contribution in [0.5, 0.6) is 0 Å². The van der Waals surface area contributed by atoms with Crippen molar-refractivity contribution in [1.82, 2.24) is 15.1 Å². The number of likely N-dealkylation sites (tertiary alicyclic amines) is 2. The van der Waals surface area contributed by atoms with Gasteiger partial charge in [0.15, 0.2) is 0 Å². The summed E-state index contributed by atoms with van der Waals surface area (Å²) in [6.45, 7) is 4.42. The minimum absolute atomic E-state index is 0.129. The molecule has 1 spiro atoms. The first-order valence-electron chi connectivity index (χ1n) is 13.9. The maximum atomic E-state index is 13.4. The van der Waals surface area contributed by atoms with Gasteiger partial charge in [-0.3, -0.25) is 9.59 Å². The lowest BCUT2D eigenvalue weighted by Gasteiger charge is -2.39. The molecule has 1 aromatic rings. The first-order chi connectivity index (χ1) is 18.0. The Balaban J connectivity index is 1.13. The van der Waals surface area contributed by atoms with E-state index in [9.17, 15) is 9.59 Å². The van der Waals surface area contributed by atoms with Crippen LogP contribution in [0.3, 0.4) is 0 Å². The van der Waals surface area contributed by atoms with E-state index in [1.807, 2.05) is 18.2 Å². The van der Waals surface area contributed by atoms with Gasteiger partial charge in [-0.1, -0.05) is 40.6 Å². The molecular weight excluding hydrogens is 530 g/mol. The lowest BCUT2D eigenvalue weighted by molar-refractivity contribution is -0.139. The molecule has 1 saturated carbocycles. The molecule has 2 atom stereocenters. The van der Waals surface area contributed by atoms with Crippen LogP contribution in [-0.4, -0.2) is 60.9 Å². The quantitative estimate of drug-likeness (QED) is 0.452. The highest BCUT2D eigenvalue weighted by Crippen LogP contribution is 2.42. The topological polar surface area (TPSA) is 61.9 Å². The second kappa shape index (κ2) is 11.7. The first-order valence-corrected chi connectivity index (χ1v) is 14.7. The molecule has 37 heavy (non-hydrogen) atoms. The van der Waals surface area contributed by atoms with Crippen LogP contribution in [0.2, 0.25) is 0 Å². The van der Waals surface area contributed by atoms with Gasteiger partial charge in [-0.2, -0.15) is 0 Å². The molecule has 7 heteroatoms. The minimum atomic E-state index is -0.183. The number of hydrogen-bond donors (Lipinski definition) is 1. The number of nitrogens with one attached hydrogen (secondary N) is 1. The first kappa shape index (κ1) is 26.5. The highest BCUT2D eigenvalue weighted by atomic mass is 79.9. The van der Waals surface area contributed by atoms with Gasteiger partial charge in [0, 0.05) is 42.0 Å². The van der Waals surface area contributed by atoms with Crippen LogP contribution in [0.4, 0.5) is 0 Å². The molecule has 3 fully saturated rings. The largest absolute Gasteiger partial charge is 0.497 e. The van der Waals surface area contributed by atoms with E-state index in [2.05, 4.69) is 55.3 Å². The number of carbonyl (C=O) groups is 2. The van der Waals surface area contributed by atoms with Crippen molar-refractivity contribution in [3.63, 3.8) is 0 Å². The standard InChI is InChI=1S/C30H40BrN3O3/c1-37-26-11-7-23(8-12-26)27(32-28(35)24-3-2-4-24)13-17-33-18-14-30(15-19-33)16-20-34(29(30)36)21-22-5-9-25(31)10-6-22/h5-7,9-12,23-24,27H,2-4,8,13-21H2,1H3,(H,32,35). The number of methoxy groups -OCH3 is 1. The highest BCUT2D eigenvalue weighted by Gasteiger charge is 2.47. The normalized spacial score (nSPS) is 24.6. The Morgan fingerprint density at radius 1 is 1.16 bits per heavy atom. The molecule has 2 aliphatic carbocycles. The van der Waals surface area contributed by atoms with Gasteiger partial charge in [0.25, 0.3) is 0 Å².